The Hall–Kier alpha value is -1.85. The molecular weight excluding hydrogens is 212 g/mol. The number of rotatable bonds is 3. The van der Waals surface area contributed by atoms with E-state index in [1.807, 2.05) is 0 Å². The number of hydrogen-bond acceptors (Lipinski definition) is 5. The Balaban J connectivity index is 2.19. The molecule has 6 nitrogen and oxygen atoms in total. The molecular formula is C10H12N2O4. The van der Waals surface area contributed by atoms with Crippen molar-refractivity contribution in [1.29, 1.82) is 0 Å². The minimum absolute atomic E-state index is 0.0520. The molecule has 1 amide bonds. The van der Waals surface area contributed by atoms with Crippen LogP contribution in [0.5, 0.6) is 0 Å². The number of amides is 1. The van der Waals surface area contributed by atoms with Crippen LogP contribution in [-0.4, -0.2) is 30.2 Å². The summed E-state index contributed by atoms with van der Waals surface area (Å²) in [5, 5.41) is 6.46. The van der Waals surface area contributed by atoms with Gasteiger partial charge in [0.1, 0.15) is 12.0 Å². The van der Waals surface area contributed by atoms with Crippen LogP contribution in [0.3, 0.4) is 0 Å². The highest BCUT2D eigenvalue weighted by Gasteiger charge is 2.27. The summed E-state index contributed by atoms with van der Waals surface area (Å²) in [6, 6.07) is 0. The van der Waals surface area contributed by atoms with Crippen LogP contribution in [0, 0.1) is 0 Å². The molecule has 0 fully saturated rings. The molecule has 2 heterocycles. The summed E-state index contributed by atoms with van der Waals surface area (Å²) in [4.78, 5) is 22.8. The molecule has 16 heavy (non-hydrogen) atoms. The van der Waals surface area contributed by atoms with E-state index in [9.17, 15) is 9.59 Å². The van der Waals surface area contributed by atoms with Gasteiger partial charge in [-0.05, 0) is 6.92 Å². The van der Waals surface area contributed by atoms with Gasteiger partial charge in [0.15, 0.2) is 5.76 Å². The van der Waals surface area contributed by atoms with Gasteiger partial charge in [0, 0.05) is 13.0 Å². The molecule has 1 aliphatic heterocycles. The van der Waals surface area contributed by atoms with E-state index in [4.69, 9.17) is 9.26 Å². The lowest BCUT2D eigenvalue weighted by Crippen LogP contribution is -2.32. The number of esters is 1. The number of carbonyl (C=O) groups is 2. The molecule has 0 spiro atoms. The molecule has 0 radical (unpaired) electrons. The topological polar surface area (TPSA) is 81.4 Å². The predicted molar refractivity (Wildman–Crippen MR) is 52.9 cm³/mol. The van der Waals surface area contributed by atoms with E-state index >= 15 is 0 Å². The van der Waals surface area contributed by atoms with Crippen LogP contribution >= 0.6 is 0 Å². The lowest BCUT2D eigenvalue weighted by molar-refractivity contribution is -0.142. The Morgan fingerprint density at radius 3 is 3.19 bits per heavy atom. The van der Waals surface area contributed by atoms with E-state index < -0.39 is 5.97 Å². The maximum Gasteiger partial charge on any atom is 0.313 e. The van der Waals surface area contributed by atoms with Gasteiger partial charge in [-0.3, -0.25) is 9.59 Å². The predicted octanol–water partition coefficient (Wildman–Crippen LogP) is 0.0661. The maximum absolute atomic E-state index is 11.5. The first-order valence-corrected chi connectivity index (χ1v) is 5.13. The molecule has 0 aromatic carbocycles. The average Bonchev–Trinajstić information content (AvgIpc) is 2.63. The van der Waals surface area contributed by atoms with Gasteiger partial charge in [-0.25, -0.2) is 0 Å². The van der Waals surface area contributed by atoms with Crippen molar-refractivity contribution in [2.75, 3.05) is 13.2 Å². The molecule has 6 heteroatoms. The lowest BCUT2D eigenvalue weighted by Gasteiger charge is -2.10. The van der Waals surface area contributed by atoms with Gasteiger partial charge in [0.2, 0.25) is 0 Å². The number of nitrogens with one attached hydrogen (secondary N) is 1. The third-order valence-corrected chi connectivity index (χ3v) is 2.32. The molecule has 1 aromatic heterocycles. The summed E-state index contributed by atoms with van der Waals surface area (Å²) >= 11 is 0. The average molecular weight is 224 g/mol. The van der Waals surface area contributed by atoms with E-state index in [1.54, 1.807) is 6.92 Å². The fraction of sp³-hybridized carbons (Fsp3) is 0.500. The minimum atomic E-state index is -0.417. The second-order valence-corrected chi connectivity index (χ2v) is 3.42. The van der Waals surface area contributed by atoms with Crippen molar-refractivity contribution in [3.05, 3.63) is 17.0 Å². The molecule has 1 aliphatic rings. The van der Waals surface area contributed by atoms with Crippen LogP contribution in [0.15, 0.2) is 4.52 Å². The molecule has 0 saturated heterocycles. The van der Waals surface area contributed by atoms with Gasteiger partial charge in [-0.15, -0.1) is 0 Å². The summed E-state index contributed by atoms with van der Waals surface area (Å²) < 4.78 is 9.78. The quantitative estimate of drug-likeness (QED) is 0.734. The van der Waals surface area contributed by atoms with E-state index in [0.717, 1.165) is 0 Å². The zero-order chi connectivity index (χ0) is 11.5. The molecule has 2 rings (SSSR count). The molecule has 1 aromatic rings. The highest BCUT2D eigenvalue weighted by Crippen LogP contribution is 2.18. The summed E-state index contributed by atoms with van der Waals surface area (Å²) in [5.74, 6) is -0.368. The monoisotopic (exact) mass is 224 g/mol. The van der Waals surface area contributed by atoms with Crippen molar-refractivity contribution < 1.29 is 18.8 Å². The van der Waals surface area contributed by atoms with Crippen LogP contribution in [-0.2, 0) is 22.4 Å². The molecule has 86 valence electrons. The fourth-order valence-electron chi connectivity index (χ4n) is 1.64. The third-order valence-electron chi connectivity index (χ3n) is 2.32. The van der Waals surface area contributed by atoms with E-state index in [1.165, 1.54) is 0 Å². The maximum atomic E-state index is 11.5. The van der Waals surface area contributed by atoms with Crippen molar-refractivity contribution >= 4 is 11.9 Å². The summed E-state index contributed by atoms with van der Waals surface area (Å²) in [6.07, 6.45) is 0.580. The fourth-order valence-corrected chi connectivity index (χ4v) is 1.64. The Morgan fingerprint density at radius 2 is 2.44 bits per heavy atom. The second-order valence-electron chi connectivity index (χ2n) is 3.42. The Bertz CT molecular complexity index is 424. The Kier molecular flexibility index (Phi) is 2.89. The van der Waals surface area contributed by atoms with Crippen molar-refractivity contribution in [3.8, 4) is 0 Å². The molecule has 0 unspecified atom stereocenters. The van der Waals surface area contributed by atoms with Crippen molar-refractivity contribution in [3.63, 3.8) is 0 Å². The molecule has 0 bridgehead atoms. The zero-order valence-corrected chi connectivity index (χ0v) is 8.91. The Morgan fingerprint density at radius 1 is 1.62 bits per heavy atom. The van der Waals surface area contributed by atoms with Crippen LogP contribution in [0.25, 0.3) is 0 Å². The van der Waals surface area contributed by atoms with Crippen molar-refractivity contribution in [2.45, 2.75) is 19.8 Å². The summed E-state index contributed by atoms with van der Waals surface area (Å²) in [5.41, 5.74) is 1.00. The van der Waals surface area contributed by atoms with Gasteiger partial charge < -0.3 is 14.6 Å². The highest BCUT2D eigenvalue weighted by molar-refractivity contribution is 5.98. The standard InChI is InChI=1S/C10H12N2O4/c1-2-15-8(13)5-7-9-6(12-16-7)3-4-11-10(9)14/h2-5H2,1H3,(H,11,14). The first-order valence-electron chi connectivity index (χ1n) is 5.13. The summed E-state index contributed by atoms with van der Waals surface area (Å²) in [7, 11) is 0. The number of fused-ring (bicyclic) bond motifs is 1. The molecule has 0 aliphatic carbocycles. The lowest BCUT2D eigenvalue weighted by atomic mass is 10.1. The SMILES string of the molecule is CCOC(=O)Cc1onc2c1C(=O)NCC2. The molecule has 0 atom stereocenters. The van der Waals surface area contributed by atoms with E-state index in [2.05, 4.69) is 10.5 Å². The zero-order valence-electron chi connectivity index (χ0n) is 8.91. The van der Waals surface area contributed by atoms with Gasteiger partial charge in [-0.1, -0.05) is 5.16 Å². The minimum Gasteiger partial charge on any atom is -0.466 e. The molecule has 0 saturated carbocycles. The van der Waals surface area contributed by atoms with Crippen LogP contribution in [0.2, 0.25) is 0 Å². The number of hydrogen-bond donors (Lipinski definition) is 1. The number of carbonyl (C=O) groups excluding carboxylic acids is 2. The number of nitrogens with zero attached hydrogens (tertiary/aromatic N) is 1. The normalized spacial score (nSPS) is 14.2. The first kappa shape index (κ1) is 10.7. The highest BCUT2D eigenvalue weighted by atomic mass is 16.5. The Labute approximate surface area is 91.9 Å². The van der Waals surface area contributed by atoms with Gasteiger partial charge >= 0.3 is 5.97 Å². The van der Waals surface area contributed by atoms with Crippen molar-refractivity contribution in [2.24, 2.45) is 0 Å². The number of aromatic nitrogens is 1. The smallest absolute Gasteiger partial charge is 0.313 e. The van der Waals surface area contributed by atoms with Gasteiger partial charge in [0.25, 0.3) is 5.91 Å². The number of ether oxygens (including phenoxy) is 1. The molecule has 1 N–H and O–H groups in total. The first-order chi connectivity index (χ1) is 7.72. The van der Waals surface area contributed by atoms with Gasteiger partial charge in [-0.2, -0.15) is 0 Å². The second kappa shape index (κ2) is 4.34. The van der Waals surface area contributed by atoms with Crippen LogP contribution in [0.1, 0.15) is 28.7 Å². The summed E-state index contributed by atoms with van der Waals surface area (Å²) in [6.45, 7) is 2.58. The van der Waals surface area contributed by atoms with Crippen LogP contribution < -0.4 is 5.32 Å². The van der Waals surface area contributed by atoms with Crippen LogP contribution in [0.4, 0.5) is 0 Å². The van der Waals surface area contributed by atoms with E-state index in [0.29, 0.717) is 30.8 Å². The van der Waals surface area contributed by atoms with Gasteiger partial charge in [0.05, 0.1) is 12.3 Å². The third kappa shape index (κ3) is 1.91. The van der Waals surface area contributed by atoms with E-state index in [-0.39, 0.29) is 18.1 Å². The van der Waals surface area contributed by atoms with Crippen molar-refractivity contribution in [1.82, 2.24) is 10.5 Å². The largest absolute Gasteiger partial charge is 0.466 e.